The van der Waals surface area contributed by atoms with Gasteiger partial charge >= 0.3 is 6.03 Å². The number of carbonyl (C=O) groups is 1. The van der Waals surface area contributed by atoms with Gasteiger partial charge in [-0.1, -0.05) is 48.5 Å². The van der Waals surface area contributed by atoms with Crippen LogP contribution in [0.2, 0.25) is 0 Å². The Balaban J connectivity index is 1.61. The average Bonchev–Trinajstić information content (AvgIpc) is 3.03. The Bertz CT molecular complexity index is 685. The highest BCUT2D eigenvalue weighted by Gasteiger charge is 2.31. The first-order valence-corrected chi connectivity index (χ1v) is 9.27. The molecule has 1 saturated heterocycles. The van der Waals surface area contributed by atoms with Crippen molar-refractivity contribution < 1.29 is 9.90 Å². The van der Waals surface area contributed by atoms with Crippen LogP contribution >= 0.6 is 11.8 Å². The first-order valence-electron chi connectivity index (χ1n) is 8.11. The van der Waals surface area contributed by atoms with E-state index in [-0.39, 0.29) is 12.6 Å². The third-order valence-corrected chi connectivity index (χ3v) is 5.40. The molecule has 1 aliphatic rings. The van der Waals surface area contributed by atoms with E-state index in [2.05, 4.69) is 22.8 Å². The van der Waals surface area contributed by atoms with Crippen LogP contribution in [-0.4, -0.2) is 34.8 Å². The monoisotopic (exact) mass is 342 g/mol. The number of hydrogen-bond acceptors (Lipinski definition) is 3. The second kappa shape index (κ2) is 7.73. The van der Waals surface area contributed by atoms with Crippen molar-refractivity contribution >= 4 is 23.5 Å². The lowest BCUT2D eigenvalue weighted by molar-refractivity contribution is 0.0706. The van der Waals surface area contributed by atoms with Gasteiger partial charge in [-0.2, -0.15) is 11.8 Å². The van der Waals surface area contributed by atoms with E-state index in [0.717, 1.165) is 29.8 Å². The van der Waals surface area contributed by atoms with Crippen molar-refractivity contribution in [1.29, 1.82) is 0 Å². The summed E-state index contributed by atoms with van der Waals surface area (Å²) in [6.45, 7) is 0.284. The molecule has 1 atom stereocenters. The number of aliphatic hydroxyl groups is 1. The molecule has 0 aromatic heterocycles. The van der Waals surface area contributed by atoms with Gasteiger partial charge in [0, 0.05) is 18.0 Å². The smallest absolute Gasteiger partial charge is 0.319 e. The highest BCUT2D eigenvalue weighted by atomic mass is 32.2. The largest absolute Gasteiger partial charge is 0.387 e. The lowest BCUT2D eigenvalue weighted by Gasteiger charge is -2.22. The number of benzene rings is 2. The first-order chi connectivity index (χ1) is 11.6. The molecule has 2 amide bonds. The fourth-order valence-corrected chi connectivity index (χ4v) is 4.05. The summed E-state index contributed by atoms with van der Waals surface area (Å²) in [6, 6.07) is 17.7. The topological polar surface area (TPSA) is 61.4 Å². The van der Waals surface area contributed by atoms with Crippen LogP contribution in [-0.2, 0) is 6.42 Å². The maximum absolute atomic E-state index is 12.2. The Labute approximate surface area is 146 Å². The van der Waals surface area contributed by atoms with Gasteiger partial charge in [0.25, 0.3) is 0 Å². The second-order valence-electron chi connectivity index (χ2n) is 6.15. The number of rotatable bonds is 5. The lowest BCUT2D eigenvalue weighted by Crippen LogP contribution is -2.44. The minimum Gasteiger partial charge on any atom is -0.387 e. The van der Waals surface area contributed by atoms with Crippen molar-refractivity contribution in [2.24, 2.45) is 0 Å². The summed E-state index contributed by atoms with van der Waals surface area (Å²) >= 11 is 1.72. The van der Waals surface area contributed by atoms with Gasteiger partial charge in [-0.25, -0.2) is 4.79 Å². The number of amides is 2. The van der Waals surface area contributed by atoms with Crippen LogP contribution in [0.3, 0.4) is 0 Å². The van der Waals surface area contributed by atoms with Crippen molar-refractivity contribution in [2.45, 2.75) is 18.4 Å². The SMILES string of the molecule is O=C(NCC1(O)CCSC1)Nc1ccccc1Cc1ccccc1. The third-order valence-electron chi connectivity index (χ3n) is 4.16. The molecule has 1 unspecified atom stereocenters. The normalized spacial score (nSPS) is 19.9. The standard InChI is InChI=1S/C19H22N2O2S/c22-18(20-13-19(23)10-11-24-14-19)21-17-9-5-4-8-16(17)12-15-6-2-1-3-7-15/h1-9,23H,10-14H2,(H2,20,21,22). The Morgan fingerprint density at radius 2 is 1.88 bits per heavy atom. The maximum atomic E-state index is 12.2. The quantitative estimate of drug-likeness (QED) is 0.781. The number of anilines is 1. The molecule has 5 heteroatoms. The third kappa shape index (κ3) is 4.52. The van der Waals surface area contributed by atoms with Gasteiger partial charge in [-0.05, 0) is 35.8 Å². The molecule has 1 aliphatic heterocycles. The molecule has 0 bridgehead atoms. The predicted octanol–water partition coefficient (Wildman–Crippen LogP) is 3.27. The molecule has 0 radical (unpaired) electrons. The van der Waals surface area contributed by atoms with Crippen LogP contribution < -0.4 is 10.6 Å². The molecule has 0 spiro atoms. The zero-order chi connectivity index (χ0) is 16.8. The highest BCUT2D eigenvalue weighted by Crippen LogP contribution is 2.27. The van der Waals surface area contributed by atoms with E-state index < -0.39 is 5.60 Å². The van der Waals surface area contributed by atoms with Gasteiger partial charge in [-0.15, -0.1) is 0 Å². The molecule has 2 aromatic rings. The lowest BCUT2D eigenvalue weighted by atomic mass is 10.0. The van der Waals surface area contributed by atoms with Gasteiger partial charge in [0.1, 0.15) is 0 Å². The van der Waals surface area contributed by atoms with Crippen LogP contribution in [0.25, 0.3) is 0 Å². The van der Waals surface area contributed by atoms with E-state index in [9.17, 15) is 9.90 Å². The molecule has 2 aromatic carbocycles. The number of hydrogen-bond donors (Lipinski definition) is 3. The van der Waals surface area contributed by atoms with E-state index in [1.165, 1.54) is 5.56 Å². The van der Waals surface area contributed by atoms with Gasteiger partial charge in [0.05, 0.1) is 5.60 Å². The molecule has 0 aliphatic carbocycles. The van der Waals surface area contributed by atoms with Crippen molar-refractivity contribution in [3.8, 4) is 0 Å². The molecule has 24 heavy (non-hydrogen) atoms. The van der Waals surface area contributed by atoms with Crippen molar-refractivity contribution in [2.75, 3.05) is 23.4 Å². The number of urea groups is 1. The van der Waals surface area contributed by atoms with Crippen molar-refractivity contribution in [3.63, 3.8) is 0 Å². The first kappa shape index (κ1) is 16.9. The zero-order valence-electron chi connectivity index (χ0n) is 13.5. The van der Waals surface area contributed by atoms with E-state index in [1.807, 2.05) is 42.5 Å². The summed E-state index contributed by atoms with van der Waals surface area (Å²) in [5.41, 5.74) is 2.29. The molecule has 3 N–H and O–H groups in total. The van der Waals surface area contributed by atoms with Gasteiger partial charge in [0.2, 0.25) is 0 Å². The van der Waals surface area contributed by atoms with E-state index in [1.54, 1.807) is 11.8 Å². The molecule has 126 valence electrons. The minimum atomic E-state index is -0.772. The number of carbonyl (C=O) groups excluding carboxylic acids is 1. The van der Waals surface area contributed by atoms with Crippen molar-refractivity contribution in [1.82, 2.24) is 5.32 Å². The summed E-state index contributed by atoms with van der Waals surface area (Å²) in [6.07, 6.45) is 1.49. The van der Waals surface area contributed by atoms with Crippen LogP contribution in [0.1, 0.15) is 17.5 Å². The summed E-state index contributed by atoms with van der Waals surface area (Å²) in [4.78, 5) is 12.2. The summed E-state index contributed by atoms with van der Waals surface area (Å²) in [7, 11) is 0. The van der Waals surface area contributed by atoms with Crippen LogP contribution in [0.5, 0.6) is 0 Å². The summed E-state index contributed by atoms with van der Waals surface area (Å²) in [5, 5.41) is 16.0. The number of nitrogens with one attached hydrogen (secondary N) is 2. The molecule has 3 rings (SSSR count). The van der Waals surface area contributed by atoms with Crippen LogP contribution in [0.4, 0.5) is 10.5 Å². The Morgan fingerprint density at radius 3 is 2.62 bits per heavy atom. The predicted molar refractivity (Wildman–Crippen MR) is 99.6 cm³/mol. The summed E-state index contributed by atoms with van der Waals surface area (Å²) < 4.78 is 0. The maximum Gasteiger partial charge on any atom is 0.319 e. The number of para-hydroxylation sites is 1. The van der Waals surface area contributed by atoms with Crippen LogP contribution in [0.15, 0.2) is 54.6 Å². The van der Waals surface area contributed by atoms with Gasteiger partial charge in [0.15, 0.2) is 0 Å². The minimum absolute atomic E-state index is 0.277. The second-order valence-corrected chi connectivity index (χ2v) is 7.26. The number of thioether (sulfide) groups is 1. The Morgan fingerprint density at radius 1 is 1.12 bits per heavy atom. The van der Waals surface area contributed by atoms with Crippen LogP contribution in [0, 0.1) is 0 Å². The highest BCUT2D eigenvalue weighted by molar-refractivity contribution is 7.99. The molecule has 4 nitrogen and oxygen atoms in total. The van der Waals surface area contributed by atoms with E-state index in [0.29, 0.717) is 5.75 Å². The average molecular weight is 342 g/mol. The molecular formula is C19H22N2O2S. The molecule has 1 fully saturated rings. The summed E-state index contributed by atoms with van der Waals surface area (Å²) in [5.74, 6) is 1.62. The fourth-order valence-electron chi connectivity index (χ4n) is 2.76. The fraction of sp³-hybridized carbons (Fsp3) is 0.316. The van der Waals surface area contributed by atoms with E-state index >= 15 is 0 Å². The zero-order valence-corrected chi connectivity index (χ0v) is 14.3. The van der Waals surface area contributed by atoms with Gasteiger partial charge < -0.3 is 15.7 Å². The van der Waals surface area contributed by atoms with E-state index in [4.69, 9.17) is 0 Å². The van der Waals surface area contributed by atoms with Gasteiger partial charge in [-0.3, -0.25) is 0 Å². The molecule has 0 saturated carbocycles. The Kier molecular flexibility index (Phi) is 5.43. The molecular weight excluding hydrogens is 320 g/mol. The Hall–Kier alpha value is -1.98. The molecule has 1 heterocycles. The van der Waals surface area contributed by atoms with Crippen molar-refractivity contribution in [3.05, 3.63) is 65.7 Å².